The van der Waals surface area contributed by atoms with E-state index in [0.717, 1.165) is 5.56 Å². The summed E-state index contributed by atoms with van der Waals surface area (Å²) in [5, 5.41) is 2.16. The topological polar surface area (TPSA) is 17.1 Å². The van der Waals surface area contributed by atoms with E-state index >= 15 is 0 Å². The fourth-order valence-corrected chi connectivity index (χ4v) is 0.963. The second-order valence-corrected chi connectivity index (χ2v) is 2.79. The smallest absolute Gasteiger partial charge is 0.159 e. The third kappa shape index (κ3) is 2.98. The van der Waals surface area contributed by atoms with Gasteiger partial charge >= 0.3 is 0 Å². The van der Waals surface area contributed by atoms with E-state index in [1.165, 1.54) is 6.92 Å². The molecule has 68 valence electrons. The van der Waals surface area contributed by atoms with Crippen LogP contribution in [0.2, 0.25) is 0 Å². The summed E-state index contributed by atoms with van der Waals surface area (Å²) in [6.45, 7) is 1.53. The summed E-state index contributed by atoms with van der Waals surface area (Å²) in [5.74, 6) is 7.83. The molecule has 0 saturated heterocycles. The Kier molecular flexibility index (Phi) is 3.80. The summed E-state index contributed by atoms with van der Waals surface area (Å²) >= 11 is 5.13. The number of halogens is 1. The molecule has 0 aliphatic rings. The highest BCUT2D eigenvalue weighted by Gasteiger charge is 1.96. The monoisotopic (exact) mass is 202 g/mol. The van der Waals surface area contributed by atoms with Crippen LogP contribution in [0.4, 0.5) is 0 Å². The fourth-order valence-electron chi connectivity index (χ4n) is 0.915. The minimum atomic E-state index is 0.0464. The molecule has 0 radical (unpaired) electrons. The minimum absolute atomic E-state index is 0.0464. The van der Waals surface area contributed by atoms with E-state index in [2.05, 4.69) is 23.1 Å². The van der Waals surface area contributed by atoms with Crippen molar-refractivity contribution in [1.29, 1.82) is 0 Å². The molecule has 0 N–H and O–H groups in total. The molecule has 1 rings (SSSR count). The molecular weight excluding hydrogens is 196 g/mol. The first-order valence-electron chi connectivity index (χ1n) is 3.96. The van der Waals surface area contributed by atoms with Gasteiger partial charge in [0.1, 0.15) is 0 Å². The Morgan fingerprint density at radius 2 is 1.86 bits per heavy atom. The van der Waals surface area contributed by atoms with Gasteiger partial charge in [-0.3, -0.25) is 4.79 Å². The van der Waals surface area contributed by atoms with Gasteiger partial charge in [-0.2, -0.15) is 0 Å². The number of carbonyl (C=O) groups excluding carboxylic acids is 1. The van der Waals surface area contributed by atoms with Crippen LogP contribution in [-0.2, 0) is 0 Å². The van der Waals surface area contributed by atoms with Crippen molar-refractivity contribution in [1.82, 2.24) is 0 Å². The highest BCUT2D eigenvalue weighted by molar-refractivity contribution is 6.30. The molecular formula is C12H7ClO. The van der Waals surface area contributed by atoms with Crippen molar-refractivity contribution in [3.63, 3.8) is 0 Å². The van der Waals surface area contributed by atoms with Gasteiger partial charge in [0.05, 0.1) is 0 Å². The van der Waals surface area contributed by atoms with Crippen LogP contribution in [0.3, 0.4) is 0 Å². The maximum absolute atomic E-state index is 10.9. The molecule has 0 unspecified atom stereocenters. The van der Waals surface area contributed by atoms with Crippen LogP contribution in [0.1, 0.15) is 22.8 Å². The van der Waals surface area contributed by atoms with Gasteiger partial charge in [0, 0.05) is 22.4 Å². The van der Waals surface area contributed by atoms with Crippen LogP contribution in [0.15, 0.2) is 24.3 Å². The summed E-state index contributed by atoms with van der Waals surface area (Å²) in [4.78, 5) is 10.9. The van der Waals surface area contributed by atoms with E-state index in [4.69, 9.17) is 11.6 Å². The van der Waals surface area contributed by atoms with Crippen LogP contribution >= 0.6 is 11.6 Å². The summed E-state index contributed by atoms with van der Waals surface area (Å²) in [6.07, 6.45) is 0. The lowest BCUT2D eigenvalue weighted by molar-refractivity contribution is 0.101. The second-order valence-electron chi connectivity index (χ2n) is 2.60. The zero-order valence-corrected chi connectivity index (χ0v) is 8.35. The van der Waals surface area contributed by atoms with E-state index in [1.54, 1.807) is 24.3 Å². The maximum atomic E-state index is 10.9. The number of benzene rings is 1. The first kappa shape index (κ1) is 10.4. The van der Waals surface area contributed by atoms with E-state index < -0.39 is 0 Å². The van der Waals surface area contributed by atoms with Crippen molar-refractivity contribution >= 4 is 17.4 Å². The number of ketones is 1. The van der Waals surface area contributed by atoms with Crippen LogP contribution in [0.25, 0.3) is 0 Å². The van der Waals surface area contributed by atoms with Gasteiger partial charge in [-0.25, -0.2) is 0 Å². The average Bonchev–Trinajstić information content (AvgIpc) is 2.19. The predicted molar refractivity (Wildman–Crippen MR) is 57.0 cm³/mol. The van der Waals surface area contributed by atoms with E-state index in [-0.39, 0.29) is 5.78 Å². The van der Waals surface area contributed by atoms with Crippen molar-refractivity contribution in [2.24, 2.45) is 0 Å². The highest BCUT2D eigenvalue weighted by Crippen LogP contribution is 2.03. The van der Waals surface area contributed by atoms with Gasteiger partial charge in [0.25, 0.3) is 0 Å². The van der Waals surface area contributed by atoms with E-state index in [1.807, 2.05) is 0 Å². The molecule has 0 amide bonds. The molecule has 1 aromatic carbocycles. The molecule has 14 heavy (non-hydrogen) atoms. The third-order valence-corrected chi connectivity index (χ3v) is 1.70. The number of hydrogen-bond donors (Lipinski definition) is 0. The Balaban J connectivity index is 2.89. The third-order valence-electron chi connectivity index (χ3n) is 1.61. The molecule has 0 atom stereocenters. The Morgan fingerprint density at radius 3 is 2.36 bits per heavy atom. The molecule has 1 nitrogen and oxygen atoms in total. The van der Waals surface area contributed by atoms with Crippen LogP contribution in [0, 0.1) is 23.1 Å². The Morgan fingerprint density at radius 1 is 1.21 bits per heavy atom. The van der Waals surface area contributed by atoms with Crippen molar-refractivity contribution in [2.45, 2.75) is 6.92 Å². The van der Waals surface area contributed by atoms with Crippen LogP contribution < -0.4 is 0 Å². The predicted octanol–water partition coefficient (Wildman–Crippen LogP) is 2.44. The fraction of sp³-hybridized carbons (Fsp3) is 0.0833. The van der Waals surface area contributed by atoms with Crippen molar-refractivity contribution < 1.29 is 4.79 Å². The zero-order valence-electron chi connectivity index (χ0n) is 7.60. The van der Waals surface area contributed by atoms with Gasteiger partial charge in [-0.15, -0.1) is 0 Å². The molecule has 0 aromatic heterocycles. The average molecular weight is 203 g/mol. The molecule has 0 fully saturated rings. The van der Waals surface area contributed by atoms with Gasteiger partial charge in [0.15, 0.2) is 5.78 Å². The lowest BCUT2D eigenvalue weighted by Crippen LogP contribution is -1.90. The van der Waals surface area contributed by atoms with Crippen molar-refractivity contribution in [3.8, 4) is 23.1 Å². The molecule has 1 aromatic rings. The number of Topliss-reactive ketones (excluding diaryl/α,β-unsaturated/α-hetero) is 1. The van der Waals surface area contributed by atoms with Crippen LogP contribution in [-0.4, -0.2) is 5.78 Å². The van der Waals surface area contributed by atoms with Gasteiger partial charge in [-0.05, 0) is 36.6 Å². The summed E-state index contributed by atoms with van der Waals surface area (Å²) in [6, 6.07) is 7.03. The number of hydrogen-bond acceptors (Lipinski definition) is 1. The second kappa shape index (κ2) is 5.12. The Labute approximate surface area is 88.1 Å². The first-order valence-corrected chi connectivity index (χ1v) is 4.34. The van der Waals surface area contributed by atoms with Crippen molar-refractivity contribution in [3.05, 3.63) is 35.4 Å². The summed E-state index contributed by atoms with van der Waals surface area (Å²) in [5.41, 5.74) is 1.49. The summed E-state index contributed by atoms with van der Waals surface area (Å²) in [7, 11) is 0. The van der Waals surface area contributed by atoms with Crippen molar-refractivity contribution in [2.75, 3.05) is 0 Å². The van der Waals surface area contributed by atoms with E-state index in [0.29, 0.717) is 5.56 Å². The Bertz CT molecular complexity index is 449. The first-order chi connectivity index (χ1) is 6.74. The SMILES string of the molecule is CC(=O)c1ccc(C#CC#CCl)cc1. The van der Waals surface area contributed by atoms with Gasteiger partial charge < -0.3 is 0 Å². The van der Waals surface area contributed by atoms with E-state index in [9.17, 15) is 4.79 Å². The standard InChI is InChI=1S/C12H7ClO/c1-10(14)12-7-5-11(6-8-12)4-2-3-9-13/h5-8H,1H3. The molecule has 0 aliphatic heterocycles. The zero-order chi connectivity index (χ0) is 10.4. The summed E-state index contributed by atoms with van der Waals surface area (Å²) < 4.78 is 0. The Hall–Kier alpha value is -1.70. The number of carbonyl (C=O) groups is 1. The normalized spacial score (nSPS) is 7.86. The molecule has 0 aliphatic carbocycles. The number of rotatable bonds is 1. The molecule has 2 heteroatoms. The molecule has 0 saturated carbocycles. The van der Waals surface area contributed by atoms with Gasteiger partial charge in [0.2, 0.25) is 0 Å². The quantitative estimate of drug-likeness (QED) is 0.505. The molecule has 0 bridgehead atoms. The molecule has 0 heterocycles. The minimum Gasteiger partial charge on any atom is -0.295 e. The lowest BCUT2D eigenvalue weighted by Gasteiger charge is -1.93. The van der Waals surface area contributed by atoms with Crippen LogP contribution in [0.5, 0.6) is 0 Å². The maximum Gasteiger partial charge on any atom is 0.159 e. The van der Waals surface area contributed by atoms with Gasteiger partial charge in [-0.1, -0.05) is 18.1 Å². The molecule has 0 spiro atoms. The largest absolute Gasteiger partial charge is 0.295 e. The lowest BCUT2D eigenvalue weighted by atomic mass is 10.1. The highest BCUT2D eigenvalue weighted by atomic mass is 35.5.